The predicted octanol–water partition coefficient (Wildman–Crippen LogP) is 1.79. The molecule has 134 valence electrons. The van der Waals surface area contributed by atoms with Gasteiger partial charge in [0.2, 0.25) is 0 Å². The molecular formula is C18H16N2O5S. The molecule has 1 aliphatic rings. The van der Waals surface area contributed by atoms with Gasteiger partial charge in [0.05, 0.1) is 12.3 Å². The number of carbonyl (C=O) groups excluding carboxylic acids is 2. The number of benzene rings is 1. The molecule has 0 spiro atoms. The van der Waals surface area contributed by atoms with Crippen LogP contribution in [-0.2, 0) is 9.59 Å². The Morgan fingerprint density at radius 2 is 1.96 bits per heavy atom. The number of anilines is 1. The van der Waals surface area contributed by atoms with Gasteiger partial charge in [-0.15, -0.1) is 0 Å². The standard InChI is InChI=1S/C18H16N2O5S/c1-11-2-5-14(25-11)10-15-16(22)19-18(26)20(17(15)23)12-3-6-13(7-4-12)24-9-8-21/h2-7,10,21H,8-9H2,1H3,(H,19,22,26)/b15-10-. The summed E-state index contributed by atoms with van der Waals surface area (Å²) in [7, 11) is 0. The molecule has 1 fully saturated rings. The average Bonchev–Trinajstić information content (AvgIpc) is 3.03. The van der Waals surface area contributed by atoms with E-state index in [0.29, 0.717) is 23.0 Å². The van der Waals surface area contributed by atoms with Gasteiger partial charge in [0.15, 0.2) is 5.11 Å². The van der Waals surface area contributed by atoms with Crippen molar-refractivity contribution in [3.05, 3.63) is 53.5 Å². The van der Waals surface area contributed by atoms with Crippen molar-refractivity contribution in [1.29, 1.82) is 0 Å². The van der Waals surface area contributed by atoms with Crippen LogP contribution in [0.3, 0.4) is 0 Å². The summed E-state index contributed by atoms with van der Waals surface area (Å²) < 4.78 is 10.7. The largest absolute Gasteiger partial charge is 0.491 e. The number of furan rings is 1. The predicted molar refractivity (Wildman–Crippen MR) is 98.7 cm³/mol. The Bertz CT molecular complexity index is 885. The number of rotatable bonds is 5. The molecule has 2 heterocycles. The first-order valence-corrected chi connectivity index (χ1v) is 8.22. The normalized spacial score (nSPS) is 16.2. The summed E-state index contributed by atoms with van der Waals surface area (Å²) in [5.74, 6) is 0.502. The molecule has 0 atom stereocenters. The van der Waals surface area contributed by atoms with E-state index in [0.717, 1.165) is 0 Å². The highest BCUT2D eigenvalue weighted by molar-refractivity contribution is 7.80. The van der Waals surface area contributed by atoms with E-state index in [1.165, 1.54) is 11.0 Å². The van der Waals surface area contributed by atoms with Crippen LogP contribution in [-0.4, -0.2) is 35.2 Å². The zero-order valence-electron chi connectivity index (χ0n) is 13.9. The van der Waals surface area contributed by atoms with Gasteiger partial charge in [0, 0.05) is 0 Å². The highest BCUT2D eigenvalue weighted by atomic mass is 32.1. The van der Waals surface area contributed by atoms with Crippen LogP contribution in [0.25, 0.3) is 6.08 Å². The van der Waals surface area contributed by atoms with Gasteiger partial charge in [-0.05, 0) is 61.6 Å². The molecule has 2 amide bonds. The number of hydrogen-bond donors (Lipinski definition) is 2. The van der Waals surface area contributed by atoms with Crippen molar-refractivity contribution in [2.45, 2.75) is 6.92 Å². The molecule has 7 nitrogen and oxygen atoms in total. The van der Waals surface area contributed by atoms with E-state index in [1.54, 1.807) is 43.3 Å². The summed E-state index contributed by atoms with van der Waals surface area (Å²) in [5.41, 5.74) is 0.409. The SMILES string of the molecule is Cc1ccc(/C=C2/C(=O)NC(=S)N(c3ccc(OCCO)cc3)C2=O)o1. The van der Waals surface area contributed by atoms with Crippen LogP contribution in [0.1, 0.15) is 11.5 Å². The number of thiocarbonyl (C=S) groups is 1. The van der Waals surface area contributed by atoms with E-state index in [9.17, 15) is 9.59 Å². The minimum Gasteiger partial charge on any atom is -0.491 e. The maximum Gasteiger partial charge on any atom is 0.270 e. The number of nitrogens with zero attached hydrogens (tertiary/aromatic N) is 1. The van der Waals surface area contributed by atoms with E-state index in [4.69, 9.17) is 26.5 Å². The second-order valence-corrected chi connectivity index (χ2v) is 5.86. The number of amides is 2. The van der Waals surface area contributed by atoms with Crippen molar-refractivity contribution >= 4 is 40.9 Å². The molecule has 3 rings (SSSR count). The molecule has 0 saturated carbocycles. The van der Waals surface area contributed by atoms with Crippen LogP contribution in [0.2, 0.25) is 0 Å². The number of hydrogen-bond acceptors (Lipinski definition) is 6. The molecule has 1 aromatic carbocycles. The minimum absolute atomic E-state index is 0.00296. The number of carbonyl (C=O) groups is 2. The summed E-state index contributed by atoms with van der Waals surface area (Å²) in [5, 5.41) is 11.3. The highest BCUT2D eigenvalue weighted by Gasteiger charge is 2.34. The lowest BCUT2D eigenvalue weighted by atomic mass is 10.1. The number of ether oxygens (including phenoxy) is 1. The van der Waals surface area contributed by atoms with Gasteiger partial charge < -0.3 is 14.3 Å². The average molecular weight is 372 g/mol. The van der Waals surface area contributed by atoms with E-state index in [-0.39, 0.29) is 23.9 Å². The monoisotopic (exact) mass is 372 g/mol. The second-order valence-electron chi connectivity index (χ2n) is 5.47. The molecule has 2 N–H and O–H groups in total. The number of aryl methyl sites for hydroxylation is 1. The zero-order chi connectivity index (χ0) is 18.7. The van der Waals surface area contributed by atoms with Gasteiger partial charge in [-0.25, -0.2) is 0 Å². The summed E-state index contributed by atoms with van der Waals surface area (Å²) in [4.78, 5) is 26.2. The van der Waals surface area contributed by atoms with Crippen LogP contribution in [0.4, 0.5) is 5.69 Å². The lowest BCUT2D eigenvalue weighted by Crippen LogP contribution is -2.54. The Labute approximate surface area is 154 Å². The van der Waals surface area contributed by atoms with Crippen LogP contribution < -0.4 is 15.0 Å². The molecule has 1 saturated heterocycles. The Kier molecular flexibility index (Phi) is 5.15. The lowest BCUT2D eigenvalue weighted by Gasteiger charge is -2.28. The molecule has 1 aromatic heterocycles. The molecule has 0 aliphatic carbocycles. The molecule has 8 heteroatoms. The number of aliphatic hydroxyl groups excluding tert-OH is 1. The van der Waals surface area contributed by atoms with Gasteiger partial charge in [0.25, 0.3) is 11.8 Å². The first kappa shape index (κ1) is 17.8. The van der Waals surface area contributed by atoms with Crippen molar-refractivity contribution in [1.82, 2.24) is 5.32 Å². The van der Waals surface area contributed by atoms with Crippen molar-refractivity contribution in [2.24, 2.45) is 0 Å². The van der Waals surface area contributed by atoms with Crippen molar-refractivity contribution in [2.75, 3.05) is 18.1 Å². The fourth-order valence-corrected chi connectivity index (χ4v) is 2.70. The van der Waals surface area contributed by atoms with Crippen LogP contribution in [0.5, 0.6) is 5.75 Å². The number of nitrogens with one attached hydrogen (secondary N) is 1. The topological polar surface area (TPSA) is 92.0 Å². The molecule has 26 heavy (non-hydrogen) atoms. The van der Waals surface area contributed by atoms with Crippen LogP contribution in [0.15, 0.2) is 46.4 Å². The zero-order valence-corrected chi connectivity index (χ0v) is 14.7. The lowest BCUT2D eigenvalue weighted by molar-refractivity contribution is -0.122. The molecular weight excluding hydrogens is 356 g/mol. The maximum atomic E-state index is 12.8. The molecule has 0 radical (unpaired) electrons. The van der Waals surface area contributed by atoms with E-state index in [1.807, 2.05) is 0 Å². The highest BCUT2D eigenvalue weighted by Crippen LogP contribution is 2.24. The van der Waals surface area contributed by atoms with Crippen molar-refractivity contribution in [3.63, 3.8) is 0 Å². The third-order valence-electron chi connectivity index (χ3n) is 3.60. The Hall–Kier alpha value is -2.97. The molecule has 0 unspecified atom stereocenters. The second kappa shape index (κ2) is 7.51. The van der Waals surface area contributed by atoms with Gasteiger partial charge >= 0.3 is 0 Å². The minimum atomic E-state index is -0.576. The summed E-state index contributed by atoms with van der Waals surface area (Å²) in [6.45, 7) is 1.85. The number of aliphatic hydroxyl groups is 1. The summed E-state index contributed by atoms with van der Waals surface area (Å²) in [6.07, 6.45) is 1.39. The third-order valence-corrected chi connectivity index (χ3v) is 3.89. The first-order chi connectivity index (χ1) is 12.5. The maximum absolute atomic E-state index is 12.8. The quantitative estimate of drug-likeness (QED) is 0.472. The molecule has 2 aromatic rings. The van der Waals surface area contributed by atoms with Gasteiger partial charge in [0.1, 0.15) is 29.4 Å². The van der Waals surface area contributed by atoms with E-state index in [2.05, 4.69) is 5.32 Å². The fourth-order valence-electron chi connectivity index (χ4n) is 2.42. The molecule has 1 aliphatic heterocycles. The molecule has 0 bridgehead atoms. The Morgan fingerprint density at radius 1 is 1.23 bits per heavy atom. The Balaban J connectivity index is 1.89. The first-order valence-electron chi connectivity index (χ1n) is 7.81. The van der Waals surface area contributed by atoms with E-state index >= 15 is 0 Å². The Morgan fingerprint density at radius 3 is 2.58 bits per heavy atom. The van der Waals surface area contributed by atoms with Gasteiger partial charge in [-0.1, -0.05) is 0 Å². The van der Waals surface area contributed by atoms with Gasteiger partial charge in [-0.2, -0.15) is 0 Å². The summed E-state index contributed by atoms with van der Waals surface area (Å²) in [6, 6.07) is 10.00. The summed E-state index contributed by atoms with van der Waals surface area (Å²) >= 11 is 5.15. The van der Waals surface area contributed by atoms with Crippen molar-refractivity contribution < 1.29 is 23.8 Å². The van der Waals surface area contributed by atoms with E-state index < -0.39 is 11.8 Å². The smallest absolute Gasteiger partial charge is 0.270 e. The fraction of sp³-hybridized carbons (Fsp3) is 0.167. The van der Waals surface area contributed by atoms with Crippen molar-refractivity contribution in [3.8, 4) is 5.75 Å². The van der Waals surface area contributed by atoms with Gasteiger partial charge in [-0.3, -0.25) is 19.8 Å². The third kappa shape index (κ3) is 3.66. The van der Waals surface area contributed by atoms with Crippen LogP contribution >= 0.6 is 12.2 Å². The van der Waals surface area contributed by atoms with Crippen LogP contribution in [0, 0.1) is 6.92 Å².